The zero-order chi connectivity index (χ0) is 19.9. The molecule has 0 aliphatic carbocycles. The zero-order valence-corrected chi connectivity index (χ0v) is 17.5. The Balaban J connectivity index is 1.45. The maximum absolute atomic E-state index is 12.2. The first-order chi connectivity index (χ1) is 13.6. The number of oxazole rings is 1. The van der Waals surface area contributed by atoms with Crippen molar-refractivity contribution >= 4 is 5.91 Å². The lowest BCUT2D eigenvalue weighted by Crippen LogP contribution is -2.39. The van der Waals surface area contributed by atoms with Crippen molar-refractivity contribution < 1.29 is 9.21 Å². The highest BCUT2D eigenvalue weighted by atomic mass is 16.4. The van der Waals surface area contributed by atoms with Crippen molar-refractivity contribution in [2.45, 2.75) is 65.3 Å². The molecular formula is C23H33N3O2. The molecule has 1 atom stereocenters. The molecule has 28 heavy (non-hydrogen) atoms. The number of hydrogen-bond donors (Lipinski definition) is 1. The highest BCUT2D eigenvalue weighted by Crippen LogP contribution is 2.23. The molecule has 0 radical (unpaired) electrons. The summed E-state index contributed by atoms with van der Waals surface area (Å²) in [6.45, 7) is 9.28. The Bertz CT molecular complexity index is 767. The van der Waals surface area contributed by atoms with Crippen LogP contribution in [-0.2, 0) is 17.6 Å². The van der Waals surface area contributed by atoms with Crippen molar-refractivity contribution in [3.8, 4) is 11.5 Å². The van der Waals surface area contributed by atoms with Gasteiger partial charge >= 0.3 is 0 Å². The van der Waals surface area contributed by atoms with Gasteiger partial charge in [0, 0.05) is 24.6 Å². The molecule has 1 aliphatic heterocycles. The minimum Gasteiger partial charge on any atom is -0.441 e. The van der Waals surface area contributed by atoms with Crippen LogP contribution in [-0.4, -0.2) is 41.5 Å². The van der Waals surface area contributed by atoms with E-state index < -0.39 is 0 Å². The van der Waals surface area contributed by atoms with E-state index in [-0.39, 0.29) is 5.91 Å². The van der Waals surface area contributed by atoms with Crippen LogP contribution in [0.3, 0.4) is 0 Å². The van der Waals surface area contributed by atoms with Crippen LogP contribution in [0.25, 0.3) is 11.5 Å². The molecule has 1 N–H and O–H groups in total. The molecule has 2 aromatic rings. The number of benzene rings is 1. The number of likely N-dealkylation sites (N-methyl/N-ethyl adjacent to an activating group) is 1. The monoisotopic (exact) mass is 383 g/mol. The minimum atomic E-state index is 0.138. The molecule has 2 heterocycles. The number of hydrogen-bond acceptors (Lipinski definition) is 4. The molecule has 0 bridgehead atoms. The van der Waals surface area contributed by atoms with Gasteiger partial charge in [0.25, 0.3) is 0 Å². The summed E-state index contributed by atoms with van der Waals surface area (Å²) >= 11 is 0. The Kier molecular flexibility index (Phi) is 7.26. The number of amides is 1. The van der Waals surface area contributed by atoms with Crippen LogP contribution in [0.5, 0.6) is 0 Å². The van der Waals surface area contributed by atoms with E-state index in [2.05, 4.69) is 53.3 Å². The fraction of sp³-hybridized carbons (Fsp3) is 0.565. The Morgan fingerprint density at radius 3 is 2.79 bits per heavy atom. The number of likely N-dealkylation sites (tertiary alicyclic amines) is 1. The van der Waals surface area contributed by atoms with E-state index in [4.69, 9.17) is 4.42 Å². The van der Waals surface area contributed by atoms with Crippen LogP contribution in [0.1, 0.15) is 56.5 Å². The molecule has 1 unspecified atom stereocenters. The molecule has 1 amide bonds. The smallest absolute Gasteiger partial charge is 0.226 e. The van der Waals surface area contributed by atoms with E-state index in [1.54, 1.807) is 0 Å². The van der Waals surface area contributed by atoms with Crippen LogP contribution >= 0.6 is 0 Å². The summed E-state index contributed by atoms with van der Waals surface area (Å²) in [5.74, 6) is 1.65. The van der Waals surface area contributed by atoms with E-state index in [9.17, 15) is 4.79 Å². The fourth-order valence-electron chi connectivity index (χ4n) is 3.95. The summed E-state index contributed by atoms with van der Waals surface area (Å²) in [5, 5.41) is 3.11. The number of nitrogens with one attached hydrogen (secondary N) is 1. The van der Waals surface area contributed by atoms with Crippen LogP contribution in [0.2, 0.25) is 0 Å². The Morgan fingerprint density at radius 1 is 1.29 bits per heavy atom. The first kappa shape index (κ1) is 20.6. The molecule has 5 heteroatoms. The predicted molar refractivity (Wildman–Crippen MR) is 112 cm³/mol. The maximum atomic E-state index is 12.2. The number of aromatic nitrogens is 1. The molecule has 5 nitrogen and oxygen atoms in total. The van der Waals surface area contributed by atoms with Crippen molar-refractivity contribution in [1.29, 1.82) is 0 Å². The summed E-state index contributed by atoms with van der Waals surface area (Å²) in [7, 11) is 0. The molecule has 1 saturated heterocycles. The van der Waals surface area contributed by atoms with E-state index in [0.717, 1.165) is 55.9 Å². The van der Waals surface area contributed by atoms with Gasteiger partial charge in [0.1, 0.15) is 5.76 Å². The SMILES string of the molecule is CCc1ccc(-c2nc(CCCC(=O)NCC3CCCN3CC)c(C)o2)cc1. The standard InChI is InChI=1S/C23H33N3O2/c1-4-18-11-13-19(14-12-18)23-25-21(17(3)28-23)9-6-10-22(27)24-16-20-8-7-15-26(20)5-2/h11-14,20H,4-10,15-16H2,1-3H3,(H,24,27). The van der Waals surface area contributed by atoms with Gasteiger partial charge in [0.2, 0.25) is 11.8 Å². The molecule has 1 aliphatic rings. The lowest BCUT2D eigenvalue weighted by atomic mass is 10.1. The van der Waals surface area contributed by atoms with Gasteiger partial charge < -0.3 is 9.73 Å². The molecule has 152 valence electrons. The van der Waals surface area contributed by atoms with Crippen molar-refractivity contribution in [3.05, 3.63) is 41.3 Å². The molecule has 0 saturated carbocycles. The number of nitrogens with zero attached hydrogens (tertiary/aromatic N) is 2. The first-order valence-electron chi connectivity index (χ1n) is 10.7. The summed E-state index contributed by atoms with van der Waals surface area (Å²) in [6, 6.07) is 8.85. The third-order valence-electron chi connectivity index (χ3n) is 5.76. The van der Waals surface area contributed by atoms with Gasteiger partial charge in [0.15, 0.2) is 0 Å². The van der Waals surface area contributed by atoms with Gasteiger partial charge in [-0.15, -0.1) is 0 Å². The number of rotatable bonds is 9. The third kappa shape index (κ3) is 5.22. The lowest BCUT2D eigenvalue weighted by Gasteiger charge is -2.22. The highest BCUT2D eigenvalue weighted by molar-refractivity contribution is 5.75. The quantitative estimate of drug-likeness (QED) is 0.707. The van der Waals surface area contributed by atoms with Crippen LogP contribution in [0.4, 0.5) is 0 Å². The molecule has 3 rings (SSSR count). The second-order valence-electron chi connectivity index (χ2n) is 7.65. The third-order valence-corrected chi connectivity index (χ3v) is 5.76. The molecule has 1 aromatic carbocycles. The van der Waals surface area contributed by atoms with Gasteiger partial charge in [-0.1, -0.05) is 26.0 Å². The number of carbonyl (C=O) groups excluding carboxylic acids is 1. The second-order valence-corrected chi connectivity index (χ2v) is 7.65. The van der Waals surface area contributed by atoms with Crippen molar-refractivity contribution in [2.75, 3.05) is 19.6 Å². The Hall–Kier alpha value is -2.14. The fourth-order valence-corrected chi connectivity index (χ4v) is 3.95. The van der Waals surface area contributed by atoms with Crippen molar-refractivity contribution in [1.82, 2.24) is 15.2 Å². The van der Waals surface area contributed by atoms with Gasteiger partial charge in [-0.2, -0.15) is 0 Å². The Labute approximate surface area is 168 Å². The Morgan fingerprint density at radius 2 is 2.07 bits per heavy atom. The van der Waals surface area contributed by atoms with Gasteiger partial charge in [-0.25, -0.2) is 4.98 Å². The summed E-state index contributed by atoms with van der Waals surface area (Å²) in [6.07, 6.45) is 5.54. The maximum Gasteiger partial charge on any atom is 0.226 e. The van der Waals surface area contributed by atoms with Crippen LogP contribution < -0.4 is 5.32 Å². The average Bonchev–Trinajstić information content (AvgIpc) is 3.32. The van der Waals surface area contributed by atoms with Crippen molar-refractivity contribution in [3.63, 3.8) is 0 Å². The molecule has 1 aromatic heterocycles. The van der Waals surface area contributed by atoms with Gasteiger partial charge in [0.05, 0.1) is 5.69 Å². The zero-order valence-electron chi connectivity index (χ0n) is 17.5. The largest absolute Gasteiger partial charge is 0.441 e. The second kappa shape index (κ2) is 9.87. The summed E-state index contributed by atoms with van der Waals surface area (Å²) < 4.78 is 5.85. The summed E-state index contributed by atoms with van der Waals surface area (Å²) in [4.78, 5) is 19.3. The predicted octanol–water partition coefficient (Wildman–Crippen LogP) is 4.14. The van der Waals surface area contributed by atoms with E-state index >= 15 is 0 Å². The van der Waals surface area contributed by atoms with E-state index in [1.807, 2.05) is 6.92 Å². The summed E-state index contributed by atoms with van der Waals surface area (Å²) in [5.41, 5.74) is 3.26. The first-order valence-corrected chi connectivity index (χ1v) is 10.7. The minimum absolute atomic E-state index is 0.138. The molecule has 0 spiro atoms. The molecular weight excluding hydrogens is 350 g/mol. The average molecular weight is 384 g/mol. The van der Waals surface area contributed by atoms with Crippen LogP contribution in [0.15, 0.2) is 28.7 Å². The van der Waals surface area contributed by atoms with E-state index in [0.29, 0.717) is 18.4 Å². The number of carbonyl (C=O) groups is 1. The lowest BCUT2D eigenvalue weighted by molar-refractivity contribution is -0.121. The van der Waals surface area contributed by atoms with Gasteiger partial charge in [-0.3, -0.25) is 9.69 Å². The van der Waals surface area contributed by atoms with E-state index in [1.165, 1.54) is 18.4 Å². The van der Waals surface area contributed by atoms with Crippen molar-refractivity contribution in [2.24, 2.45) is 0 Å². The number of aryl methyl sites for hydroxylation is 3. The highest BCUT2D eigenvalue weighted by Gasteiger charge is 2.23. The molecule has 1 fully saturated rings. The van der Waals surface area contributed by atoms with Crippen LogP contribution in [0, 0.1) is 6.92 Å². The normalized spacial score (nSPS) is 17.2. The van der Waals surface area contributed by atoms with Gasteiger partial charge in [-0.05, 0) is 69.8 Å². The topological polar surface area (TPSA) is 58.4 Å².